The number of hydrogen-bond donors (Lipinski definition) is 0. The number of benzene rings is 9. The molecule has 0 atom stereocenters. The summed E-state index contributed by atoms with van der Waals surface area (Å²) in [4.78, 5) is 0. The van der Waals surface area contributed by atoms with Gasteiger partial charge in [-0.1, -0.05) is 329 Å². The predicted molar refractivity (Wildman–Crippen MR) is 556 cm³/mol. The van der Waals surface area contributed by atoms with Gasteiger partial charge in [0.1, 0.15) is 0 Å². The molecule has 9 aromatic rings. The molecule has 18 heteroatoms. The number of hydrogen-bond acceptors (Lipinski definition) is 12. The van der Waals surface area contributed by atoms with E-state index in [1.807, 2.05) is 208 Å². The Morgan fingerprint density at radius 2 is 0.360 bits per heavy atom. The average Bonchev–Trinajstić information content (AvgIpc) is 0.832. The van der Waals surface area contributed by atoms with Crippen molar-refractivity contribution >= 4 is 98.2 Å². The van der Waals surface area contributed by atoms with Crippen LogP contribution < -0.4 is 0 Å². The monoisotopic (exact) mass is 2730 g/mol. The Morgan fingerprint density at radius 1 is 0.200 bits per heavy atom. The largest absolute Gasteiger partial charge is 0.403 e. The Labute approximate surface area is 858 Å². The van der Waals surface area contributed by atoms with Gasteiger partial charge in [0.05, 0.1) is 0 Å². The van der Waals surface area contributed by atoms with Crippen molar-refractivity contribution in [1.82, 2.24) is 5.01 Å². The summed E-state index contributed by atoms with van der Waals surface area (Å²) in [6.45, 7) is 90.8. The topological polar surface area (TPSA) is 139 Å². The van der Waals surface area contributed by atoms with Crippen LogP contribution in [0.4, 0.5) is 0 Å². The molecule has 0 aliphatic carbocycles. The summed E-state index contributed by atoms with van der Waals surface area (Å²) in [5.74, 6) is 0. The second-order valence-electron chi connectivity index (χ2n) is 24.2. The van der Waals surface area contributed by atoms with E-state index in [1.165, 1.54) is 99.1 Å². The molecular weight excluding hydrogens is 2560 g/mol. The molecule has 0 saturated heterocycles. The van der Waals surface area contributed by atoms with Crippen molar-refractivity contribution in [3.8, 4) is 0 Å². The van der Waals surface area contributed by atoms with Crippen LogP contribution in [0.25, 0.3) is 32.3 Å². The summed E-state index contributed by atoms with van der Waals surface area (Å²) in [5, 5.41) is 49.6. The van der Waals surface area contributed by atoms with Crippen LogP contribution >= 0.6 is 0 Å². The van der Waals surface area contributed by atoms with Gasteiger partial charge in [-0.2, -0.15) is 67.0 Å². The van der Waals surface area contributed by atoms with Crippen LogP contribution in [0.15, 0.2) is 238 Å². The third-order valence-electron chi connectivity index (χ3n) is 12.9. The van der Waals surface area contributed by atoms with Gasteiger partial charge in [0.2, 0.25) is 0 Å². The zero-order valence-corrected chi connectivity index (χ0v) is 105. The average molecular weight is 2730 g/mol. The van der Waals surface area contributed by atoms with Gasteiger partial charge in [-0.3, -0.25) is 0 Å². The number of nitrogens with zero attached hydrogens (tertiary/aromatic N) is 12. The minimum Gasteiger partial charge on any atom is -0.403 e. The van der Waals surface area contributed by atoms with Gasteiger partial charge in [-0.15, -0.1) is 0 Å². The van der Waals surface area contributed by atoms with Gasteiger partial charge in [-0.25, -0.2) is 0 Å². The summed E-state index contributed by atoms with van der Waals surface area (Å²) in [6.07, 6.45) is 15.3. The Bertz CT molecular complexity index is 3610. The van der Waals surface area contributed by atoms with E-state index in [2.05, 4.69) is 358 Å². The third-order valence-corrected chi connectivity index (χ3v) is 12.9. The van der Waals surface area contributed by atoms with Crippen LogP contribution in [0.3, 0.4) is 0 Å². The van der Waals surface area contributed by atoms with Gasteiger partial charge in [0, 0.05) is 169 Å². The second kappa shape index (κ2) is 127. The number of rotatable bonds is 6. The van der Waals surface area contributed by atoms with Crippen LogP contribution in [0.2, 0.25) is 0 Å². The molecule has 125 heavy (non-hydrogen) atoms. The molecule has 0 N–H and O–H groups in total. The maximum Gasteiger partial charge on any atom is 0.0310 e. The summed E-state index contributed by atoms with van der Waals surface area (Å²) in [6, 6.07) is 64.0. The first kappa shape index (κ1) is 162. The van der Waals surface area contributed by atoms with Crippen molar-refractivity contribution in [3.63, 3.8) is 0 Å². The number of hydrazone groups is 1. The van der Waals surface area contributed by atoms with E-state index in [9.17, 15) is 0 Å². The molecule has 0 aliphatic heterocycles. The van der Waals surface area contributed by atoms with E-state index in [4.69, 9.17) is 0 Å². The van der Waals surface area contributed by atoms with Crippen LogP contribution in [-0.2, 0) is 126 Å². The van der Waals surface area contributed by atoms with Crippen LogP contribution in [0, 0.1) is 83.1 Å². The van der Waals surface area contributed by atoms with E-state index in [1.54, 1.807) is 46.6 Å². The molecule has 0 heterocycles. The molecule has 0 amide bonds. The minimum absolute atomic E-state index is 0. The molecular formula is C107H174N12W6-6. The standard InChI is InChI=1S/3C12H12.3C8H10.5C5H9N2.C4H9N2.9C2H6.6W/c1-9-5-3-8-12-10(2)6-4-7-11(9)12;2*1-9-7-8-10(2)12-6-4-3-5-11(9)12;1-7-3-5-8(2)6-4-7;1-7-4-3-5-8(2)6-7;1-7-5-3-4-6-8(7)2;5*1-4-6-7-5(2)3;1-4-5-6(2)3;9*1-2;;;;;;/h3*3-8H,1-2H3;3*3-6H,1-2H3;5*1-3H3;1-3H3;9*1-2H3;;;;;;/q;;;;;;6*-1;;;;;;;;;;;;;;;. The molecule has 12 nitrogen and oxygen atoms in total. The van der Waals surface area contributed by atoms with Gasteiger partial charge in [-0.05, 0) is 229 Å². The Kier molecular flexibility index (Phi) is 165. The molecule has 0 spiro atoms. The fourth-order valence-electron chi connectivity index (χ4n) is 7.88. The molecule has 0 bridgehead atoms. The van der Waals surface area contributed by atoms with E-state index >= 15 is 0 Å². The molecule has 9 aromatic carbocycles. The fourth-order valence-corrected chi connectivity index (χ4v) is 7.88. The molecule has 9 rings (SSSR count). The SMILES string of the molecule is CC.CC.CC.CC.CC.CC.CC.CC.CC.C[C-]=NN(C)C.C[C-]=NN=C(C)C.C[C-]=NN=C(C)C.C[C-]=NN=C(C)C.C[C-]=NN=C(C)C.C[C-]=NN=C(C)C.Cc1ccc(C)c2ccccc12.Cc1ccc(C)c2ccccc12.Cc1ccc(C)cc1.Cc1cccc(C)c1.Cc1cccc2c(C)cccc12.Cc1ccccc1C.[W].[W].[W].[W].[W].[W]. The van der Waals surface area contributed by atoms with Crippen molar-refractivity contribution < 1.29 is 126 Å². The first-order chi connectivity index (χ1) is 56.9. The fraction of sp³-hybridized carbons (Fsp3) is 0.449. The Hall–Kier alpha value is -5.94. The van der Waals surface area contributed by atoms with Gasteiger partial charge < -0.3 is 72.9 Å². The molecule has 0 fully saturated rings. The zero-order valence-electron chi connectivity index (χ0n) is 87.6. The van der Waals surface area contributed by atoms with Crippen molar-refractivity contribution in [2.45, 2.75) is 318 Å². The molecule has 0 aliphatic rings. The van der Waals surface area contributed by atoms with Crippen molar-refractivity contribution in [1.29, 1.82) is 0 Å². The molecule has 704 valence electrons. The van der Waals surface area contributed by atoms with E-state index in [0.29, 0.717) is 0 Å². The molecule has 0 aromatic heterocycles. The Balaban J connectivity index is -0.0000000615. The molecule has 0 radical (unpaired) electrons. The van der Waals surface area contributed by atoms with Crippen molar-refractivity contribution in [3.05, 3.63) is 249 Å². The van der Waals surface area contributed by atoms with Gasteiger partial charge >= 0.3 is 0 Å². The second-order valence-corrected chi connectivity index (χ2v) is 24.2. The van der Waals surface area contributed by atoms with Crippen LogP contribution in [-0.4, -0.2) is 85.0 Å². The molecule has 0 unspecified atom stereocenters. The first-order valence-electron chi connectivity index (χ1n) is 42.7. The van der Waals surface area contributed by atoms with Gasteiger partial charge in [0.15, 0.2) is 0 Å². The van der Waals surface area contributed by atoms with Crippen LogP contribution in [0.1, 0.15) is 302 Å². The number of aryl methyl sites for hydroxylation is 12. The Morgan fingerprint density at radius 3 is 0.488 bits per heavy atom. The van der Waals surface area contributed by atoms with Gasteiger partial charge in [0.25, 0.3) is 0 Å². The third kappa shape index (κ3) is 110. The zero-order chi connectivity index (χ0) is 95.1. The van der Waals surface area contributed by atoms with E-state index in [-0.39, 0.29) is 126 Å². The summed E-state index contributed by atoms with van der Waals surface area (Å²) >= 11 is 0. The summed E-state index contributed by atoms with van der Waals surface area (Å²) in [7, 11) is 3.72. The molecule has 0 saturated carbocycles. The quantitative estimate of drug-likeness (QED) is 0.0913. The van der Waals surface area contributed by atoms with Crippen molar-refractivity contribution in [2.75, 3.05) is 14.1 Å². The smallest absolute Gasteiger partial charge is 0.0310 e. The number of fused-ring (bicyclic) bond motifs is 3. The summed E-state index contributed by atoms with van der Waals surface area (Å²) in [5.41, 5.74) is 21.0. The summed E-state index contributed by atoms with van der Waals surface area (Å²) < 4.78 is 0. The van der Waals surface area contributed by atoms with E-state index < -0.39 is 0 Å². The van der Waals surface area contributed by atoms with Crippen molar-refractivity contribution in [2.24, 2.45) is 56.1 Å². The maximum absolute atomic E-state index is 3.71. The first-order valence-corrected chi connectivity index (χ1v) is 42.7. The minimum atomic E-state index is 0. The normalized spacial score (nSPS) is 8.38. The predicted octanol–water partition coefficient (Wildman–Crippen LogP) is 33.7. The van der Waals surface area contributed by atoms with E-state index in [0.717, 1.165) is 28.6 Å². The van der Waals surface area contributed by atoms with Crippen LogP contribution in [0.5, 0.6) is 0 Å². The maximum atomic E-state index is 3.71.